The van der Waals surface area contributed by atoms with Crippen LogP contribution in [0.1, 0.15) is 18.9 Å². The standard InChI is InChI=1S/C16H16O7/c1-11(22-14(19)8-7-13(17)18)9-15(20)23-16(21)10-12-5-3-2-4-6-12/h2-8,11H,9-10H2,1H3,(H,17,18)/b8-7+. The lowest BCUT2D eigenvalue weighted by Crippen LogP contribution is -2.22. The van der Waals surface area contributed by atoms with Crippen LogP contribution in [0.2, 0.25) is 0 Å². The van der Waals surface area contributed by atoms with E-state index in [0.717, 1.165) is 6.08 Å². The Bertz CT molecular complexity index is 604. The first-order valence-electron chi connectivity index (χ1n) is 6.76. The Morgan fingerprint density at radius 2 is 1.74 bits per heavy atom. The van der Waals surface area contributed by atoms with E-state index in [1.165, 1.54) is 6.92 Å². The highest BCUT2D eigenvalue weighted by Gasteiger charge is 2.17. The van der Waals surface area contributed by atoms with Crippen molar-refractivity contribution in [2.45, 2.75) is 25.9 Å². The highest BCUT2D eigenvalue weighted by Crippen LogP contribution is 2.04. The summed E-state index contributed by atoms with van der Waals surface area (Å²) in [6.07, 6.45) is 0.148. The first-order chi connectivity index (χ1) is 10.9. The number of carbonyl (C=O) groups excluding carboxylic acids is 3. The van der Waals surface area contributed by atoms with Crippen LogP contribution in [0.15, 0.2) is 42.5 Å². The van der Waals surface area contributed by atoms with E-state index >= 15 is 0 Å². The van der Waals surface area contributed by atoms with Crippen molar-refractivity contribution in [2.24, 2.45) is 0 Å². The second kappa shape index (κ2) is 9.14. The monoisotopic (exact) mass is 320 g/mol. The van der Waals surface area contributed by atoms with Gasteiger partial charge < -0.3 is 14.6 Å². The minimum atomic E-state index is -1.29. The molecule has 1 aromatic rings. The van der Waals surface area contributed by atoms with Crippen molar-refractivity contribution in [3.63, 3.8) is 0 Å². The van der Waals surface area contributed by atoms with E-state index in [-0.39, 0.29) is 12.8 Å². The number of hydrogen-bond donors (Lipinski definition) is 1. The third-order valence-corrected chi connectivity index (χ3v) is 2.55. The maximum Gasteiger partial charge on any atom is 0.331 e. The molecule has 0 amide bonds. The summed E-state index contributed by atoms with van der Waals surface area (Å²) in [6.45, 7) is 1.43. The summed E-state index contributed by atoms with van der Waals surface area (Å²) in [7, 11) is 0. The van der Waals surface area contributed by atoms with Crippen LogP contribution in [0.25, 0.3) is 0 Å². The van der Waals surface area contributed by atoms with Crippen LogP contribution < -0.4 is 0 Å². The molecule has 1 rings (SSSR count). The molecule has 0 spiro atoms. The van der Waals surface area contributed by atoms with Gasteiger partial charge in [0.2, 0.25) is 0 Å². The van der Waals surface area contributed by atoms with Crippen LogP contribution in [0, 0.1) is 0 Å². The minimum absolute atomic E-state index is 0.0396. The van der Waals surface area contributed by atoms with E-state index in [4.69, 9.17) is 9.84 Å². The smallest absolute Gasteiger partial charge is 0.331 e. The molecule has 0 aliphatic carbocycles. The molecule has 1 aromatic carbocycles. The number of rotatable bonds is 7. The quantitative estimate of drug-likeness (QED) is 0.458. The number of carbonyl (C=O) groups is 4. The van der Waals surface area contributed by atoms with Crippen LogP contribution in [0.3, 0.4) is 0 Å². The van der Waals surface area contributed by atoms with Gasteiger partial charge in [0.15, 0.2) is 0 Å². The first kappa shape index (κ1) is 18.1. The Kier molecular flexibility index (Phi) is 7.19. The molecule has 7 nitrogen and oxygen atoms in total. The summed E-state index contributed by atoms with van der Waals surface area (Å²) in [5, 5.41) is 8.36. The van der Waals surface area contributed by atoms with Gasteiger partial charge in [0.05, 0.1) is 12.8 Å². The van der Waals surface area contributed by atoms with Gasteiger partial charge in [-0.2, -0.15) is 0 Å². The molecule has 0 fully saturated rings. The minimum Gasteiger partial charge on any atom is -0.478 e. The van der Waals surface area contributed by atoms with Crippen molar-refractivity contribution < 1.29 is 33.8 Å². The number of aliphatic carboxylic acids is 1. The summed E-state index contributed by atoms with van der Waals surface area (Å²) in [4.78, 5) is 44.6. The molecule has 1 atom stereocenters. The molecule has 1 unspecified atom stereocenters. The largest absolute Gasteiger partial charge is 0.478 e. The molecule has 1 N–H and O–H groups in total. The van der Waals surface area contributed by atoms with Gasteiger partial charge in [0.25, 0.3) is 0 Å². The molecule has 0 saturated heterocycles. The third-order valence-electron chi connectivity index (χ3n) is 2.55. The highest BCUT2D eigenvalue weighted by molar-refractivity contribution is 5.91. The van der Waals surface area contributed by atoms with Crippen molar-refractivity contribution in [1.29, 1.82) is 0 Å². The van der Waals surface area contributed by atoms with Crippen molar-refractivity contribution in [1.82, 2.24) is 0 Å². The molecule has 23 heavy (non-hydrogen) atoms. The molecule has 0 saturated carbocycles. The van der Waals surface area contributed by atoms with Gasteiger partial charge in [-0.3, -0.25) is 9.59 Å². The van der Waals surface area contributed by atoms with Crippen LogP contribution in [0.5, 0.6) is 0 Å². The maximum absolute atomic E-state index is 11.6. The van der Waals surface area contributed by atoms with Gasteiger partial charge >= 0.3 is 23.9 Å². The molecule has 122 valence electrons. The zero-order chi connectivity index (χ0) is 17.2. The Morgan fingerprint density at radius 3 is 2.35 bits per heavy atom. The van der Waals surface area contributed by atoms with E-state index in [2.05, 4.69) is 4.74 Å². The van der Waals surface area contributed by atoms with E-state index < -0.39 is 30.0 Å². The Balaban J connectivity index is 2.36. The summed E-state index contributed by atoms with van der Waals surface area (Å²) in [5.74, 6) is -3.72. The molecular formula is C16H16O7. The fraction of sp³-hybridized carbons (Fsp3) is 0.250. The predicted octanol–water partition coefficient (Wildman–Crippen LogP) is 1.26. The predicted molar refractivity (Wildman–Crippen MR) is 78.2 cm³/mol. The molecule has 0 radical (unpaired) electrons. The van der Waals surface area contributed by atoms with Gasteiger partial charge in [-0.25, -0.2) is 9.59 Å². The van der Waals surface area contributed by atoms with Crippen LogP contribution in [-0.4, -0.2) is 35.1 Å². The maximum atomic E-state index is 11.6. The summed E-state index contributed by atoms with van der Waals surface area (Å²) in [6, 6.07) is 8.78. The number of hydrogen-bond acceptors (Lipinski definition) is 6. The van der Waals surface area contributed by atoms with Crippen molar-refractivity contribution in [3.05, 3.63) is 48.0 Å². The summed E-state index contributed by atoms with van der Waals surface area (Å²) < 4.78 is 9.39. The molecule has 0 aliphatic rings. The zero-order valence-electron chi connectivity index (χ0n) is 12.4. The second-order valence-corrected chi connectivity index (χ2v) is 4.63. The van der Waals surface area contributed by atoms with Crippen molar-refractivity contribution >= 4 is 23.9 Å². The lowest BCUT2D eigenvalue weighted by molar-refractivity contribution is -0.161. The number of esters is 3. The number of carboxylic acids is 1. The third kappa shape index (κ3) is 8.15. The second-order valence-electron chi connectivity index (χ2n) is 4.63. The van der Waals surface area contributed by atoms with E-state index in [1.54, 1.807) is 30.3 Å². The van der Waals surface area contributed by atoms with Gasteiger partial charge in [-0.15, -0.1) is 0 Å². The Hall–Kier alpha value is -2.96. The molecule has 0 heterocycles. The van der Waals surface area contributed by atoms with Crippen molar-refractivity contribution in [2.75, 3.05) is 0 Å². The van der Waals surface area contributed by atoms with Gasteiger partial charge in [0.1, 0.15) is 6.10 Å². The number of carboxylic acid groups (broad SMARTS) is 1. The van der Waals surface area contributed by atoms with Gasteiger partial charge in [0, 0.05) is 12.2 Å². The van der Waals surface area contributed by atoms with E-state index in [9.17, 15) is 19.2 Å². The van der Waals surface area contributed by atoms with Crippen LogP contribution >= 0.6 is 0 Å². The fourth-order valence-corrected chi connectivity index (χ4v) is 1.62. The average Bonchev–Trinajstić information content (AvgIpc) is 2.45. The number of benzene rings is 1. The Morgan fingerprint density at radius 1 is 1.09 bits per heavy atom. The van der Waals surface area contributed by atoms with Gasteiger partial charge in [-0.1, -0.05) is 30.3 Å². The average molecular weight is 320 g/mol. The van der Waals surface area contributed by atoms with Crippen LogP contribution in [0.4, 0.5) is 0 Å². The Labute approximate surface area is 132 Å². The molecule has 0 aliphatic heterocycles. The van der Waals surface area contributed by atoms with Crippen LogP contribution in [-0.2, 0) is 35.1 Å². The highest BCUT2D eigenvalue weighted by atomic mass is 16.6. The summed E-state index contributed by atoms with van der Waals surface area (Å²) >= 11 is 0. The van der Waals surface area contributed by atoms with E-state index in [1.807, 2.05) is 0 Å². The molecule has 0 aromatic heterocycles. The lowest BCUT2D eigenvalue weighted by Gasteiger charge is -2.10. The molecule has 0 bridgehead atoms. The van der Waals surface area contributed by atoms with E-state index in [0.29, 0.717) is 11.6 Å². The molecule has 7 heteroatoms. The van der Waals surface area contributed by atoms with Gasteiger partial charge in [-0.05, 0) is 12.5 Å². The SMILES string of the molecule is CC(CC(=O)OC(=O)Cc1ccccc1)OC(=O)/C=C/C(=O)O. The number of ether oxygens (including phenoxy) is 2. The molecular weight excluding hydrogens is 304 g/mol. The topological polar surface area (TPSA) is 107 Å². The zero-order valence-corrected chi connectivity index (χ0v) is 12.4. The van der Waals surface area contributed by atoms with Crippen molar-refractivity contribution in [3.8, 4) is 0 Å². The lowest BCUT2D eigenvalue weighted by atomic mass is 10.2. The fourth-order valence-electron chi connectivity index (χ4n) is 1.62. The summed E-state index contributed by atoms with van der Waals surface area (Å²) in [5.41, 5.74) is 0.712. The normalized spacial score (nSPS) is 11.7. The first-order valence-corrected chi connectivity index (χ1v) is 6.76.